The Bertz CT molecular complexity index is 2950. The van der Waals surface area contributed by atoms with E-state index in [9.17, 15) is 28.8 Å². The van der Waals surface area contributed by atoms with Crippen LogP contribution in [-0.4, -0.2) is 76.6 Å². The first kappa shape index (κ1) is 48.7. The number of nitrogens with one attached hydrogen (secondary N) is 2. The number of ether oxygens (including phenoxy) is 6. The summed E-state index contributed by atoms with van der Waals surface area (Å²) in [5.74, 6) is -1.36. The van der Waals surface area contributed by atoms with Crippen molar-refractivity contribution in [2.45, 2.75) is 78.1 Å². The van der Waals surface area contributed by atoms with Crippen LogP contribution in [0.4, 0.5) is 11.4 Å². The fourth-order valence-electron chi connectivity index (χ4n) is 9.18. The van der Waals surface area contributed by atoms with Gasteiger partial charge in [-0.2, -0.15) is 0 Å². The minimum Gasteiger partial charge on any atom is -0.493 e. The van der Waals surface area contributed by atoms with E-state index in [0.29, 0.717) is 39.1 Å². The van der Waals surface area contributed by atoms with Crippen molar-refractivity contribution in [2.24, 2.45) is 0 Å². The summed E-state index contributed by atoms with van der Waals surface area (Å²) in [6.07, 6.45) is 4.92. The lowest BCUT2D eigenvalue weighted by atomic mass is 9.79. The second-order valence-electron chi connectivity index (χ2n) is 19.7. The molecule has 9 rings (SSSR count). The van der Waals surface area contributed by atoms with Crippen LogP contribution in [0.5, 0.6) is 34.5 Å². The molecule has 0 saturated heterocycles. The number of ketones is 4. The minimum atomic E-state index is -0.648. The van der Waals surface area contributed by atoms with E-state index < -0.39 is 47.4 Å². The molecular weight excluding hydrogens is 893 g/mol. The summed E-state index contributed by atoms with van der Waals surface area (Å²) in [7, 11) is 5.81. The lowest BCUT2D eigenvalue weighted by Gasteiger charge is -2.27. The van der Waals surface area contributed by atoms with Crippen LogP contribution >= 0.6 is 0 Å². The van der Waals surface area contributed by atoms with Crippen LogP contribution < -0.4 is 39.1 Å². The summed E-state index contributed by atoms with van der Waals surface area (Å²) in [4.78, 5) is 85.8. The maximum Gasteiger partial charge on any atom is 0.262 e. The van der Waals surface area contributed by atoms with Crippen molar-refractivity contribution in [3.63, 3.8) is 0 Å². The predicted molar refractivity (Wildman–Crippen MR) is 264 cm³/mol. The summed E-state index contributed by atoms with van der Waals surface area (Å²) in [6, 6.07) is 14.1. The number of amides is 2. The summed E-state index contributed by atoms with van der Waals surface area (Å²) < 4.78 is 36.0. The maximum absolute atomic E-state index is 14.8. The topological polar surface area (TPSA) is 182 Å². The fourth-order valence-corrected chi connectivity index (χ4v) is 9.18. The minimum absolute atomic E-state index is 0.0778. The van der Waals surface area contributed by atoms with Crippen LogP contribution in [-0.2, 0) is 65.3 Å². The molecule has 0 unspecified atom stereocenters. The number of anilines is 2. The number of hydrogen-bond acceptors (Lipinski definition) is 12. The first-order chi connectivity index (χ1) is 33.2. The summed E-state index contributed by atoms with van der Waals surface area (Å²) in [5.41, 5.74) is 4.58. The molecule has 10 bridgehead atoms. The second kappa shape index (κ2) is 19.0. The zero-order chi connectivity index (χ0) is 50.4. The third kappa shape index (κ3) is 9.76. The Morgan fingerprint density at radius 1 is 0.471 bits per heavy atom. The van der Waals surface area contributed by atoms with Gasteiger partial charge in [-0.3, -0.25) is 28.8 Å². The van der Waals surface area contributed by atoms with E-state index >= 15 is 0 Å². The van der Waals surface area contributed by atoms with Crippen LogP contribution in [0.25, 0.3) is 11.1 Å². The number of Topliss-reactive ketones (excluding diaryl/α,β-unsaturated/α-hetero) is 2. The zero-order valence-corrected chi connectivity index (χ0v) is 41.1. The van der Waals surface area contributed by atoms with Crippen molar-refractivity contribution in [1.82, 2.24) is 0 Å². The number of allylic oxidation sites excluding steroid dienone is 8. The van der Waals surface area contributed by atoms with Crippen molar-refractivity contribution in [3.05, 3.63) is 129 Å². The van der Waals surface area contributed by atoms with Crippen LogP contribution in [0.3, 0.4) is 0 Å². The molecule has 0 aromatic heterocycles. The van der Waals surface area contributed by atoms with E-state index in [2.05, 4.69) is 10.6 Å². The number of hydrogen-bond donors (Lipinski definition) is 2. The van der Waals surface area contributed by atoms with Crippen molar-refractivity contribution in [2.75, 3.05) is 52.3 Å². The van der Waals surface area contributed by atoms with E-state index in [1.807, 2.05) is 65.8 Å². The molecule has 0 fully saturated rings. The quantitative estimate of drug-likeness (QED) is 0.187. The van der Waals surface area contributed by atoms with Crippen molar-refractivity contribution < 1.29 is 57.2 Å². The number of benzene rings is 4. The highest BCUT2D eigenvalue weighted by Gasteiger charge is 2.33. The van der Waals surface area contributed by atoms with E-state index in [1.165, 1.54) is 52.7 Å². The molecule has 0 saturated carbocycles. The molecule has 2 N–H and O–H groups in total. The van der Waals surface area contributed by atoms with Gasteiger partial charge in [-0.15, -0.1) is 0 Å². The normalized spacial score (nSPS) is 16.5. The van der Waals surface area contributed by atoms with Crippen molar-refractivity contribution in [1.29, 1.82) is 0 Å². The first-order valence-electron chi connectivity index (χ1n) is 22.9. The van der Waals surface area contributed by atoms with Gasteiger partial charge >= 0.3 is 0 Å². The smallest absolute Gasteiger partial charge is 0.262 e. The van der Waals surface area contributed by atoms with Crippen molar-refractivity contribution >= 4 is 46.3 Å². The van der Waals surface area contributed by atoms with Crippen molar-refractivity contribution in [3.8, 4) is 45.6 Å². The van der Waals surface area contributed by atoms with E-state index in [1.54, 1.807) is 24.3 Å². The average Bonchev–Trinajstić information content (AvgIpc) is 3.29. The van der Waals surface area contributed by atoms with Crippen LogP contribution in [0, 0.1) is 0 Å². The van der Waals surface area contributed by atoms with E-state index in [4.69, 9.17) is 28.4 Å². The van der Waals surface area contributed by atoms with Gasteiger partial charge < -0.3 is 39.1 Å². The van der Waals surface area contributed by atoms with Gasteiger partial charge in [0.15, 0.2) is 59.3 Å². The highest BCUT2D eigenvalue weighted by atomic mass is 16.5. The molecule has 2 heterocycles. The molecule has 0 spiro atoms. The molecule has 70 heavy (non-hydrogen) atoms. The number of carbonyl (C=O) groups is 6. The lowest BCUT2D eigenvalue weighted by molar-refractivity contribution is -0.118. The molecule has 4 aromatic carbocycles. The summed E-state index contributed by atoms with van der Waals surface area (Å²) in [6.45, 7) is 10.9. The van der Waals surface area contributed by atoms with Crippen LogP contribution in [0.2, 0.25) is 0 Å². The van der Waals surface area contributed by atoms with Gasteiger partial charge in [-0.1, -0.05) is 65.8 Å². The van der Waals surface area contributed by atoms with Gasteiger partial charge in [-0.05, 0) is 86.7 Å². The molecule has 5 aliphatic rings. The van der Waals surface area contributed by atoms with Gasteiger partial charge in [0.05, 0.1) is 39.8 Å². The molecule has 14 nitrogen and oxygen atoms in total. The Balaban J connectivity index is 1.43. The summed E-state index contributed by atoms with van der Waals surface area (Å²) >= 11 is 0. The Morgan fingerprint density at radius 3 is 1.26 bits per heavy atom. The predicted octanol–water partition coefficient (Wildman–Crippen LogP) is 8.22. The third-order valence-corrected chi connectivity index (χ3v) is 12.8. The number of methoxy groups -OCH3 is 4. The molecule has 2 aliphatic heterocycles. The van der Waals surface area contributed by atoms with Gasteiger partial charge in [-0.25, -0.2) is 0 Å². The molecule has 0 atom stereocenters. The monoisotopic (exact) mass is 948 g/mol. The van der Waals surface area contributed by atoms with Crippen LogP contribution in [0.1, 0.15) is 74.9 Å². The largest absolute Gasteiger partial charge is 0.493 e. The molecule has 14 heteroatoms. The highest BCUT2D eigenvalue weighted by molar-refractivity contribution is 6.21. The Hall–Kier alpha value is -7.74. The second-order valence-corrected chi connectivity index (χ2v) is 19.7. The average molecular weight is 949 g/mol. The zero-order valence-electron chi connectivity index (χ0n) is 41.1. The van der Waals surface area contributed by atoms with Crippen LogP contribution in [0.15, 0.2) is 95.1 Å². The van der Waals surface area contributed by atoms with E-state index in [-0.39, 0.29) is 99.7 Å². The standard InChI is InChI=1S/C56H56N2O12/c1-55(2,3)37-17-33-13-29-21-39(59)23-31(50(29)63)15-35-19-38(56(4,5)6)20-36-16-32-24-40(60)22-30(51(32)64)14-34(18-37)52(33)69-27-47(61)57-43-26-46(67-9)45(66-8)25-42(43)41-11-12-44(65-7)54(68-10)49(41)58-48(62)28-70-53(35)36/h11-12,17-26H,13-16,27-28H2,1-10H3,(H,57,61)(H,58,62). The number of carbonyl (C=O) groups excluding carboxylic acids is 6. The first-order valence-corrected chi connectivity index (χ1v) is 22.9. The van der Waals surface area contributed by atoms with Gasteiger partial charge in [0.1, 0.15) is 11.5 Å². The fraction of sp³-hybridized carbons (Fsp3) is 0.321. The highest BCUT2D eigenvalue weighted by Crippen LogP contribution is 2.48. The summed E-state index contributed by atoms with van der Waals surface area (Å²) in [5, 5.41) is 5.91. The lowest BCUT2D eigenvalue weighted by Crippen LogP contribution is -2.24. The Labute approximate surface area is 406 Å². The Morgan fingerprint density at radius 2 is 0.871 bits per heavy atom. The van der Waals surface area contributed by atoms with Gasteiger partial charge in [0.2, 0.25) is 0 Å². The number of fused-ring (bicyclic) bond motifs is 6. The third-order valence-electron chi connectivity index (χ3n) is 12.8. The maximum atomic E-state index is 14.8. The molecule has 2 amide bonds. The van der Waals surface area contributed by atoms with Gasteiger partial charge in [0, 0.05) is 65.2 Å². The number of rotatable bonds is 4. The van der Waals surface area contributed by atoms with E-state index in [0.717, 1.165) is 11.1 Å². The molecular formula is C56H56N2O12. The molecule has 3 aliphatic carbocycles. The van der Waals surface area contributed by atoms with Gasteiger partial charge in [0.25, 0.3) is 11.8 Å². The SMILES string of the molecule is COc1cc2c(cc1OC)-c1ccc(OC)c(OC)c1NC(=O)COc1c3cc(C(C)(C)C)cc1CC1=CC(=O)C=C(Cc4cc(C(C)(C)C)cc(c4OCC(=O)N2)CC2=CC(=O)C=C(C3)C2=O)C1=O. The molecule has 4 aromatic rings. The Kier molecular flexibility index (Phi) is 13.2. The molecule has 362 valence electrons. The molecule has 0 radical (unpaired) electrons.